The normalized spacial score (nSPS) is 34.7. The molecule has 0 bridgehead atoms. The van der Waals surface area contributed by atoms with Crippen LogP contribution in [0.5, 0.6) is 0 Å². The van der Waals surface area contributed by atoms with Crippen molar-refractivity contribution in [3.05, 3.63) is 0 Å². The van der Waals surface area contributed by atoms with Crippen molar-refractivity contribution in [2.75, 3.05) is 0 Å². The number of nitrogens with one attached hydrogen (secondary N) is 1. The first-order valence-electron chi connectivity index (χ1n) is 7.28. The van der Waals surface area contributed by atoms with Crippen LogP contribution in [0.3, 0.4) is 0 Å². The molecule has 1 aliphatic rings. The first-order valence-corrected chi connectivity index (χ1v) is 7.28. The minimum absolute atomic E-state index is 0.691. The van der Waals surface area contributed by atoms with Gasteiger partial charge in [-0.15, -0.1) is 0 Å². The third-order valence-corrected chi connectivity index (χ3v) is 4.38. The van der Waals surface area contributed by atoms with Crippen LogP contribution in [0.2, 0.25) is 0 Å². The van der Waals surface area contributed by atoms with Crippen LogP contribution >= 0.6 is 0 Å². The zero-order valence-electron chi connectivity index (χ0n) is 11.9. The molecular formula is C15H31N. The Kier molecular flexibility index (Phi) is 5.82. The van der Waals surface area contributed by atoms with Crippen LogP contribution in [0.4, 0.5) is 0 Å². The second-order valence-corrected chi connectivity index (χ2v) is 6.32. The van der Waals surface area contributed by atoms with Gasteiger partial charge in [0, 0.05) is 12.1 Å². The Bertz CT molecular complexity index is 190. The monoisotopic (exact) mass is 225 g/mol. The van der Waals surface area contributed by atoms with Gasteiger partial charge in [0.2, 0.25) is 0 Å². The van der Waals surface area contributed by atoms with E-state index < -0.39 is 0 Å². The molecule has 0 amide bonds. The molecule has 16 heavy (non-hydrogen) atoms. The van der Waals surface area contributed by atoms with Crippen molar-refractivity contribution in [3.8, 4) is 0 Å². The van der Waals surface area contributed by atoms with Crippen molar-refractivity contribution in [2.24, 2.45) is 17.8 Å². The van der Waals surface area contributed by atoms with E-state index in [-0.39, 0.29) is 0 Å². The molecule has 1 N–H and O–H groups in total. The predicted octanol–water partition coefficient (Wildman–Crippen LogP) is 4.23. The highest BCUT2D eigenvalue weighted by molar-refractivity contribution is 4.83. The summed E-state index contributed by atoms with van der Waals surface area (Å²) >= 11 is 0. The highest BCUT2D eigenvalue weighted by Crippen LogP contribution is 2.29. The van der Waals surface area contributed by atoms with Gasteiger partial charge in [-0.1, -0.05) is 34.1 Å². The lowest BCUT2D eigenvalue weighted by Gasteiger charge is -2.35. The van der Waals surface area contributed by atoms with E-state index in [1.807, 2.05) is 0 Å². The molecule has 0 aromatic heterocycles. The van der Waals surface area contributed by atoms with E-state index in [0.29, 0.717) is 6.04 Å². The van der Waals surface area contributed by atoms with E-state index in [1.54, 1.807) is 0 Å². The van der Waals surface area contributed by atoms with Crippen LogP contribution in [-0.2, 0) is 0 Å². The summed E-state index contributed by atoms with van der Waals surface area (Å²) in [6.45, 7) is 11.8. The van der Waals surface area contributed by atoms with Crippen molar-refractivity contribution < 1.29 is 0 Å². The molecular weight excluding hydrogens is 194 g/mol. The van der Waals surface area contributed by atoms with Crippen LogP contribution in [-0.4, -0.2) is 12.1 Å². The molecule has 0 aromatic carbocycles. The van der Waals surface area contributed by atoms with Gasteiger partial charge >= 0.3 is 0 Å². The molecule has 5 unspecified atom stereocenters. The quantitative estimate of drug-likeness (QED) is 0.738. The molecule has 0 aromatic rings. The zero-order chi connectivity index (χ0) is 12.1. The summed E-state index contributed by atoms with van der Waals surface area (Å²) < 4.78 is 0. The Balaban J connectivity index is 2.30. The maximum Gasteiger partial charge on any atom is 0.00953 e. The molecule has 5 atom stereocenters. The van der Waals surface area contributed by atoms with Crippen molar-refractivity contribution >= 4 is 0 Å². The van der Waals surface area contributed by atoms with Crippen LogP contribution in [0, 0.1) is 17.8 Å². The van der Waals surface area contributed by atoms with Crippen molar-refractivity contribution in [2.45, 2.75) is 78.8 Å². The fourth-order valence-electron chi connectivity index (χ4n) is 3.12. The number of hydrogen-bond donors (Lipinski definition) is 1. The van der Waals surface area contributed by atoms with Gasteiger partial charge in [-0.05, 0) is 50.4 Å². The minimum atomic E-state index is 0.691. The SMILES string of the molecule is CCC(C)CC(C)NC1CCC(C)CC1C. The molecule has 1 aliphatic carbocycles. The average Bonchev–Trinajstić information content (AvgIpc) is 2.22. The summed E-state index contributed by atoms with van der Waals surface area (Å²) in [4.78, 5) is 0. The van der Waals surface area contributed by atoms with Gasteiger partial charge in [-0.25, -0.2) is 0 Å². The highest BCUT2D eigenvalue weighted by Gasteiger charge is 2.26. The molecule has 0 spiro atoms. The highest BCUT2D eigenvalue weighted by atomic mass is 15.0. The van der Waals surface area contributed by atoms with Crippen LogP contribution in [0.25, 0.3) is 0 Å². The molecule has 0 saturated heterocycles. The maximum absolute atomic E-state index is 3.85. The van der Waals surface area contributed by atoms with Gasteiger partial charge in [0.15, 0.2) is 0 Å². The third-order valence-electron chi connectivity index (χ3n) is 4.38. The summed E-state index contributed by atoms with van der Waals surface area (Å²) in [6.07, 6.45) is 6.84. The lowest BCUT2D eigenvalue weighted by molar-refractivity contribution is 0.208. The summed E-state index contributed by atoms with van der Waals surface area (Å²) in [5, 5.41) is 3.85. The number of hydrogen-bond acceptors (Lipinski definition) is 1. The second kappa shape index (κ2) is 6.64. The van der Waals surface area contributed by atoms with E-state index in [0.717, 1.165) is 23.8 Å². The smallest absolute Gasteiger partial charge is 0.00953 e. The van der Waals surface area contributed by atoms with Crippen molar-refractivity contribution in [1.82, 2.24) is 5.32 Å². The standard InChI is InChI=1S/C15H31N/c1-6-11(2)10-14(5)16-15-8-7-12(3)9-13(15)4/h11-16H,6-10H2,1-5H3. The van der Waals surface area contributed by atoms with E-state index in [1.165, 1.54) is 32.1 Å². The third kappa shape index (κ3) is 4.45. The Labute approximate surface area is 102 Å². The summed E-state index contributed by atoms with van der Waals surface area (Å²) in [5.74, 6) is 2.67. The fourth-order valence-corrected chi connectivity index (χ4v) is 3.12. The summed E-state index contributed by atoms with van der Waals surface area (Å²) in [7, 11) is 0. The Morgan fingerprint density at radius 1 is 1.19 bits per heavy atom. The molecule has 1 nitrogen and oxygen atoms in total. The Morgan fingerprint density at radius 3 is 2.44 bits per heavy atom. The summed E-state index contributed by atoms with van der Waals surface area (Å²) in [5.41, 5.74) is 0. The van der Waals surface area contributed by atoms with Crippen LogP contribution < -0.4 is 5.32 Å². The molecule has 0 aliphatic heterocycles. The van der Waals surface area contributed by atoms with E-state index >= 15 is 0 Å². The topological polar surface area (TPSA) is 12.0 Å². The Morgan fingerprint density at radius 2 is 1.88 bits per heavy atom. The molecule has 1 fully saturated rings. The maximum atomic E-state index is 3.85. The van der Waals surface area contributed by atoms with Gasteiger partial charge in [-0.3, -0.25) is 0 Å². The van der Waals surface area contributed by atoms with Gasteiger partial charge in [-0.2, -0.15) is 0 Å². The summed E-state index contributed by atoms with van der Waals surface area (Å²) in [6, 6.07) is 1.46. The molecule has 96 valence electrons. The second-order valence-electron chi connectivity index (χ2n) is 6.32. The lowest BCUT2D eigenvalue weighted by atomic mass is 9.79. The first-order chi connectivity index (χ1) is 7.52. The predicted molar refractivity (Wildman–Crippen MR) is 72.6 cm³/mol. The fraction of sp³-hybridized carbons (Fsp3) is 1.00. The zero-order valence-corrected chi connectivity index (χ0v) is 11.9. The van der Waals surface area contributed by atoms with E-state index in [4.69, 9.17) is 0 Å². The first kappa shape index (κ1) is 14.0. The molecule has 1 saturated carbocycles. The molecule has 0 radical (unpaired) electrons. The van der Waals surface area contributed by atoms with Gasteiger partial charge in [0.1, 0.15) is 0 Å². The molecule has 1 heteroatoms. The molecule has 0 heterocycles. The number of rotatable bonds is 5. The average molecular weight is 225 g/mol. The van der Waals surface area contributed by atoms with Crippen molar-refractivity contribution in [1.29, 1.82) is 0 Å². The van der Waals surface area contributed by atoms with Gasteiger partial charge in [0.05, 0.1) is 0 Å². The largest absolute Gasteiger partial charge is 0.311 e. The van der Waals surface area contributed by atoms with E-state index in [2.05, 4.69) is 39.9 Å². The molecule has 1 rings (SSSR count). The lowest BCUT2D eigenvalue weighted by Crippen LogP contribution is -2.44. The van der Waals surface area contributed by atoms with Crippen LogP contribution in [0.1, 0.15) is 66.7 Å². The van der Waals surface area contributed by atoms with Gasteiger partial charge < -0.3 is 5.32 Å². The minimum Gasteiger partial charge on any atom is -0.311 e. The van der Waals surface area contributed by atoms with E-state index in [9.17, 15) is 0 Å². The van der Waals surface area contributed by atoms with Crippen molar-refractivity contribution in [3.63, 3.8) is 0 Å². The van der Waals surface area contributed by atoms with Gasteiger partial charge in [0.25, 0.3) is 0 Å². The Hall–Kier alpha value is -0.0400. The van der Waals surface area contributed by atoms with Crippen LogP contribution in [0.15, 0.2) is 0 Å².